The van der Waals surface area contributed by atoms with Gasteiger partial charge in [-0.05, 0) is 107 Å². The van der Waals surface area contributed by atoms with Gasteiger partial charge >= 0.3 is 6.03 Å². The van der Waals surface area contributed by atoms with Crippen LogP contribution in [0.5, 0.6) is 5.75 Å². The van der Waals surface area contributed by atoms with Gasteiger partial charge in [0, 0.05) is 16.8 Å². The second-order valence-corrected chi connectivity index (χ2v) is 14.6. The van der Waals surface area contributed by atoms with Crippen LogP contribution in [0.4, 0.5) is 16.2 Å². The number of carbonyl (C=O) groups excluding carboxylic acids is 1. The van der Waals surface area contributed by atoms with Crippen LogP contribution < -0.4 is 15.4 Å². The molecule has 7 aromatic rings. The molecular weight excluding hydrogens is 681 g/mol. The van der Waals surface area contributed by atoms with Gasteiger partial charge in [-0.25, -0.2) is 9.48 Å². The van der Waals surface area contributed by atoms with E-state index in [-0.39, 0.29) is 6.03 Å². The van der Waals surface area contributed by atoms with Crippen LogP contribution in [0.3, 0.4) is 0 Å². The molecule has 2 heterocycles. The Labute approximate surface area is 321 Å². The van der Waals surface area contributed by atoms with E-state index in [1.54, 1.807) is 0 Å². The molecule has 2 N–H and O–H groups in total. The molecule has 0 bridgehead atoms. The van der Waals surface area contributed by atoms with Crippen LogP contribution in [0.1, 0.15) is 59.4 Å². The minimum Gasteiger partial charge on any atom is -0.491 e. The molecule has 1 unspecified atom stereocenters. The lowest BCUT2D eigenvalue weighted by Gasteiger charge is -2.36. The van der Waals surface area contributed by atoms with E-state index in [1.165, 1.54) is 12.8 Å². The van der Waals surface area contributed by atoms with E-state index in [4.69, 9.17) is 15.0 Å². The van der Waals surface area contributed by atoms with Crippen LogP contribution in [0.15, 0.2) is 152 Å². The molecule has 1 saturated carbocycles. The number of aromatic nitrogens is 4. The smallest absolute Gasteiger partial charge is 0.323 e. The maximum atomic E-state index is 13.6. The average Bonchev–Trinajstić information content (AvgIpc) is 4.00. The minimum absolute atomic E-state index is 0.324. The molecule has 0 spiro atoms. The first kappa shape index (κ1) is 34.2. The third-order valence-electron chi connectivity index (χ3n) is 11.0. The van der Waals surface area contributed by atoms with Crippen molar-refractivity contribution in [2.75, 3.05) is 17.2 Å². The molecule has 272 valence electrons. The lowest BCUT2D eigenvalue weighted by atomic mass is 9.77. The van der Waals surface area contributed by atoms with Crippen LogP contribution in [0, 0.1) is 12.8 Å². The van der Waals surface area contributed by atoms with Crippen molar-refractivity contribution < 1.29 is 9.53 Å². The summed E-state index contributed by atoms with van der Waals surface area (Å²) in [7, 11) is 0. The lowest BCUT2D eigenvalue weighted by Crippen LogP contribution is -2.39. The van der Waals surface area contributed by atoms with Crippen LogP contribution in [0.2, 0.25) is 0 Å². The van der Waals surface area contributed by atoms with E-state index in [0.29, 0.717) is 30.0 Å². The van der Waals surface area contributed by atoms with Gasteiger partial charge in [0.15, 0.2) is 5.82 Å². The molecule has 0 radical (unpaired) electrons. The molecule has 2 aliphatic rings. The molecule has 8 nitrogen and oxygen atoms in total. The Bertz CT molecular complexity index is 2330. The zero-order chi connectivity index (χ0) is 37.2. The number of nitrogens with one attached hydrogen (secondary N) is 2. The van der Waals surface area contributed by atoms with Gasteiger partial charge in [-0.1, -0.05) is 133 Å². The molecule has 1 aliphatic carbocycles. The summed E-state index contributed by atoms with van der Waals surface area (Å²) in [5.74, 6) is 2.33. The number of rotatable bonds is 9. The number of amides is 2. The third kappa shape index (κ3) is 6.54. The number of aryl methyl sites for hydroxylation is 1. The number of hydrogen-bond donors (Lipinski definition) is 2. The maximum absolute atomic E-state index is 13.6. The van der Waals surface area contributed by atoms with E-state index in [1.807, 2.05) is 72.3 Å². The predicted molar refractivity (Wildman–Crippen MR) is 217 cm³/mol. The molecule has 55 heavy (non-hydrogen) atoms. The van der Waals surface area contributed by atoms with Crippen molar-refractivity contribution in [2.24, 2.45) is 5.92 Å². The average molecular weight is 723 g/mol. The Morgan fingerprint density at radius 3 is 1.93 bits per heavy atom. The van der Waals surface area contributed by atoms with Crippen molar-refractivity contribution in [2.45, 2.75) is 44.1 Å². The summed E-state index contributed by atoms with van der Waals surface area (Å²) in [6, 6.07) is 51.4. The predicted octanol–water partition coefficient (Wildman–Crippen LogP) is 10.5. The number of hydrogen-bond acceptors (Lipinski definition) is 5. The van der Waals surface area contributed by atoms with Crippen molar-refractivity contribution in [1.29, 1.82) is 0 Å². The number of nitrogens with zero attached hydrogens (tertiary/aromatic N) is 4. The first-order valence-corrected chi connectivity index (χ1v) is 19.1. The zero-order valence-corrected chi connectivity index (χ0v) is 30.7. The fourth-order valence-corrected chi connectivity index (χ4v) is 8.29. The minimum atomic E-state index is -0.908. The van der Waals surface area contributed by atoms with Crippen molar-refractivity contribution in [3.63, 3.8) is 0 Å². The number of ether oxygens (including phenoxy) is 1. The second kappa shape index (κ2) is 14.7. The molecule has 0 saturated heterocycles. The highest BCUT2D eigenvalue weighted by atomic mass is 16.5. The van der Waals surface area contributed by atoms with Crippen molar-refractivity contribution in [1.82, 2.24) is 20.2 Å². The summed E-state index contributed by atoms with van der Waals surface area (Å²) in [6.45, 7) is 2.63. The van der Waals surface area contributed by atoms with Crippen molar-refractivity contribution >= 4 is 17.4 Å². The fourth-order valence-electron chi connectivity index (χ4n) is 8.29. The van der Waals surface area contributed by atoms with Gasteiger partial charge < -0.3 is 15.4 Å². The third-order valence-corrected chi connectivity index (χ3v) is 11.0. The topological polar surface area (TPSA) is 94.0 Å². The molecule has 1 fully saturated rings. The first-order valence-electron chi connectivity index (χ1n) is 19.1. The maximum Gasteiger partial charge on any atom is 0.323 e. The monoisotopic (exact) mass is 722 g/mol. The van der Waals surface area contributed by atoms with Crippen LogP contribution >= 0.6 is 0 Å². The number of benzene rings is 6. The lowest BCUT2D eigenvalue weighted by molar-refractivity contribution is 0.262. The van der Waals surface area contributed by atoms with Gasteiger partial charge in [0.25, 0.3) is 0 Å². The quantitative estimate of drug-likeness (QED) is 0.145. The number of fused-ring (bicyclic) bond motifs is 1. The number of anilines is 2. The highest BCUT2D eigenvalue weighted by Gasteiger charge is 2.42. The van der Waals surface area contributed by atoms with Crippen molar-refractivity contribution in [3.05, 3.63) is 179 Å². The standard InChI is InChI=1S/C47H42N6O2/c1-32-23-27-38(28-24-32)48-46(54)49-43-31-34(30-42-39(33-25-26-33)22-13-29-55-44(42)43)40-20-11-12-21-41(40)45-50-51-52-53(45)47(35-14-5-2-6-15-35,36-16-7-3-8-17-36)37-18-9-4-10-19-37/h2-12,14-21,23-24,27-28,30-31,33,39H,13,22,25-26,29H2,1H3,(H2,48,49,54). The normalized spacial score (nSPS) is 15.3. The molecule has 8 heteroatoms. The van der Waals surface area contributed by atoms with Gasteiger partial charge in [-0.2, -0.15) is 0 Å². The largest absolute Gasteiger partial charge is 0.491 e. The molecule has 1 atom stereocenters. The molecular formula is C47H42N6O2. The molecule has 9 rings (SSSR count). The van der Waals surface area contributed by atoms with E-state index in [2.05, 4.69) is 107 Å². The second-order valence-electron chi connectivity index (χ2n) is 14.6. The summed E-state index contributed by atoms with van der Waals surface area (Å²) in [4.78, 5) is 13.6. The van der Waals surface area contributed by atoms with Gasteiger partial charge in [-0.3, -0.25) is 0 Å². The number of carbonyl (C=O) groups is 1. The zero-order valence-electron chi connectivity index (χ0n) is 30.7. The van der Waals surface area contributed by atoms with E-state index < -0.39 is 5.54 Å². The molecule has 1 aromatic heterocycles. The summed E-state index contributed by atoms with van der Waals surface area (Å²) in [5.41, 5.74) is 8.58. The van der Waals surface area contributed by atoms with Gasteiger partial charge in [0.1, 0.15) is 11.3 Å². The first-order chi connectivity index (χ1) is 27.1. The Hall–Kier alpha value is -6.54. The number of urea groups is 1. The molecule has 1 aliphatic heterocycles. The molecule has 6 aromatic carbocycles. The SMILES string of the molecule is Cc1ccc(NC(=O)Nc2cc(-c3ccccc3-c3nnnn3C(c3ccccc3)(c3ccccc3)c3ccccc3)cc3c2OCCCC3C2CC2)cc1. The fraction of sp³-hybridized carbons (Fsp3) is 0.191. The van der Waals surface area contributed by atoms with Crippen molar-refractivity contribution in [3.8, 4) is 28.3 Å². The Morgan fingerprint density at radius 2 is 1.31 bits per heavy atom. The van der Waals surface area contributed by atoms with Gasteiger partial charge in [-0.15, -0.1) is 5.10 Å². The van der Waals surface area contributed by atoms with Crippen LogP contribution in [0.25, 0.3) is 22.5 Å². The van der Waals surface area contributed by atoms with E-state index in [0.717, 1.165) is 68.8 Å². The summed E-state index contributed by atoms with van der Waals surface area (Å²) in [5, 5.41) is 20.2. The summed E-state index contributed by atoms with van der Waals surface area (Å²) < 4.78 is 8.45. The highest BCUT2D eigenvalue weighted by Crippen LogP contribution is 2.52. The van der Waals surface area contributed by atoms with Gasteiger partial charge in [0.2, 0.25) is 0 Å². The molecule has 2 amide bonds. The Balaban J connectivity index is 1.22. The highest BCUT2D eigenvalue weighted by molar-refractivity contribution is 6.01. The van der Waals surface area contributed by atoms with E-state index >= 15 is 0 Å². The van der Waals surface area contributed by atoms with Gasteiger partial charge in [0.05, 0.1) is 12.3 Å². The number of tetrazole rings is 1. The van der Waals surface area contributed by atoms with Crippen LogP contribution in [-0.4, -0.2) is 32.8 Å². The Morgan fingerprint density at radius 1 is 0.709 bits per heavy atom. The summed E-state index contributed by atoms with van der Waals surface area (Å²) in [6.07, 6.45) is 4.42. The van der Waals surface area contributed by atoms with E-state index in [9.17, 15) is 4.79 Å². The Kier molecular flexibility index (Phi) is 9.16. The van der Waals surface area contributed by atoms with Crippen LogP contribution in [-0.2, 0) is 5.54 Å². The summed E-state index contributed by atoms with van der Waals surface area (Å²) >= 11 is 0.